The van der Waals surface area contributed by atoms with E-state index in [9.17, 15) is 9.59 Å². The Kier molecular flexibility index (Phi) is 9.77. The van der Waals surface area contributed by atoms with Gasteiger partial charge in [0.25, 0.3) is 5.91 Å². The normalized spacial score (nSPS) is 11.7. The summed E-state index contributed by atoms with van der Waals surface area (Å²) < 4.78 is 6.85. The molecule has 0 bridgehead atoms. The Morgan fingerprint density at radius 1 is 0.941 bits per heavy atom. The number of ether oxygens (including phenoxy) is 1. The van der Waals surface area contributed by atoms with Crippen LogP contribution in [-0.4, -0.2) is 35.4 Å². The maximum Gasteiger partial charge on any atom is 0.261 e. The molecule has 0 heterocycles. The minimum atomic E-state index is -0.701. The van der Waals surface area contributed by atoms with Crippen LogP contribution >= 0.6 is 34.2 Å². The summed E-state index contributed by atoms with van der Waals surface area (Å²) in [5.74, 6) is 0.134. The Hall–Kier alpha value is -2.58. The Labute approximate surface area is 219 Å². The van der Waals surface area contributed by atoms with Gasteiger partial charge in [-0.15, -0.1) is 0 Å². The molecule has 34 heavy (non-hydrogen) atoms. The Balaban J connectivity index is 1.89. The van der Waals surface area contributed by atoms with Crippen LogP contribution < -0.4 is 10.1 Å². The maximum absolute atomic E-state index is 13.5. The molecule has 0 saturated heterocycles. The summed E-state index contributed by atoms with van der Waals surface area (Å²) >= 11 is 8.27. The molecule has 0 fully saturated rings. The zero-order chi connectivity index (χ0) is 24.5. The van der Waals surface area contributed by atoms with E-state index in [1.807, 2.05) is 80.6 Å². The number of hydrogen-bond donors (Lipinski definition) is 1. The molecule has 0 spiro atoms. The van der Waals surface area contributed by atoms with Crippen molar-refractivity contribution in [1.82, 2.24) is 10.2 Å². The van der Waals surface area contributed by atoms with Crippen LogP contribution in [0.1, 0.15) is 25.0 Å². The molecule has 1 atom stereocenters. The molecule has 3 aromatic rings. The highest BCUT2D eigenvalue weighted by atomic mass is 127. The first-order chi connectivity index (χ1) is 16.3. The van der Waals surface area contributed by atoms with Gasteiger partial charge in [-0.05, 0) is 84.0 Å². The van der Waals surface area contributed by atoms with Gasteiger partial charge in [-0.3, -0.25) is 9.59 Å². The molecule has 0 aliphatic rings. The zero-order valence-electron chi connectivity index (χ0n) is 19.2. The molecule has 7 heteroatoms. The number of carbonyl (C=O) groups is 2. The van der Waals surface area contributed by atoms with E-state index < -0.39 is 6.04 Å². The van der Waals surface area contributed by atoms with Crippen LogP contribution in [0, 0.1) is 3.57 Å². The lowest BCUT2D eigenvalue weighted by Gasteiger charge is -2.32. The molecule has 5 nitrogen and oxygen atoms in total. The number of benzene rings is 3. The van der Waals surface area contributed by atoms with Crippen LogP contribution in [0.25, 0.3) is 0 Å². The van der Waals surface area contributed by atoms with Gasteiger partial charge in [-0.25, -0.2) is 0 Å². The van der Waals surface area contributed by atoms with E-state index in [-0.39, 0.29) is 31.0 Å². The quantitative estimate of drug-likeness (QED) is 0.318. The standard InChI is InChI=1S/C27H28ClIN2O3/c1-19(2)30-27(33)25(16-20-6-4-3-5-7-20)31(17-21-8-10-22(28)11-9-21)26(32)18-34-24-14-12-23(29)13-15-24/h3-15,19,25H,16-18H2,1-2H3,(H,30,33). The molecular formula is C27H28ClIN2O3. The maximum atomic E-state index is 13.5. The summed E-state index contributed by atoms with van der Waals surface area (Å²) in [6.07, 6.45) is 0.391. The molecule has 0 saturated carbocycles. The van der Waals surface area contributed by atoms with Gasteiger partial charge in [0.2, 0.25) is 5.91 Å². The first kappa shape index (κ1) is 26.0. The van der Waals surface area contributed by atoms with Crippen molar-refractivity contribution in [3.8, 4) is 5.75 Å². The molecule has 0 radical (unpaired) electrons. The van der Waals surface area contributed by atoms with Crippen molar-refractivity contribution in [3.05, 3.63) is 98.6 Å². The van der Waals surface area contributed by atoms with Crippen molar-refractivity contribution in [3.63, 3.8) is 0 Å². The van der Waals surface area contributed by atoms with Crippen LogP contribution in [0.5, 0.6) is 5.75 Å². The van der Waals surface area contributed by atoms with Crippen molar-refractivity contribution in [1.29, 1.82) is 0 Å². The van der Waals surface area contributed by atoms with E-state index in [1.165, 1.54) is 0 Å². The predicted octanol–water partition coefficient (Wildman–Crippen LogP) is 5.49. The number of carbonyl (C=O) groups excluding carboxylic acids is 2. The van der Waals surface area contributed by atoms with Crippen molar-refractivity contribution in [2.45, 2.75) is 38.9 Å². The number of hydrogen-bond acceptors (Lipinski definition) is 3. The second kappa shape index (κ2) is 12.8. The molecule has 1 N–H and O–H groups in total. The molecule has 3 aromatic carbocycles. The molecule has 2 amide bonds. The minimum absolute atomic E-state index is 0.0544. The van der Waals surface area contributed by atoms with Gasteiger partial charge in [0, 0.05) is 27.6 Å². The molecule has 0 aliphatic heterocycles. The van der Waals surface area contributed by atoms with E-state index in [2.05, 4.69) is 27.9 Å². The van der Waals surface area contributed by atoms with Gasteiger partial charge in [-0.2, -0.15) is 0 Å². The second-order valence-corrected chi connectivity index (χ2v) is 9.94. The Morgan fingerprint density at radius 2 is 1.59 bits per heavy atom. The van der Waals surface area contributed by atoms with Gasteiger partial charge in [0.05, 0.1) is 0 Å². The van der Waals surface area contributed by atoms with Gasteiger partial charge in [0.15, 0.2) is 6.61 Å². The third-order valence-electron chi connectivity index (χ3n) is 5.14. The van der Waals surface area contributed by atoms with Gasteiger partial charge in [0.1, 0.15) is 11.8 Å². The molecule has 178 valence electrons. The largest absolute Gasteiger partial charge is 0.484 e. The smallest absolute Gasteiger partial charge is 0.261 e. The third kappa shape index (κ3) is 8.02. The lowest BCUT2D eigenvalue weighted by atomic mass is 10.0. The lowest BCUT2D eigenvalue weighted by molar-refractivity contribution is -0.143. The first-order valence-electron chi connectivity index (χ1n) is 11.1. The molecular weight excluding hydrogens is 563 g/mol. The molecule has 0 aromatic heterocycles. The molecule has 0 aliphatic carbocycles. The summed E-state index contributed by atoms with van der Waals surface area (Å²) in [6, 6.07) is 23.7. The Bertz CT molecular complexity index is 1070. The first-order valence-corrected chi connectivity index (χ1v) is 12.5. The van der Waals surface area contributed by atoms with E-state index in [1.54, 1.807) is 17.0 Å². The fraction of sp³-hybridized carbons (Fsp3) is 0.259. The molecule has 3 rings (SSSR count). The number of nitrogens with zero attached hydrogens (tertiary/aromatic N) is 1. The van der Waals surface area contributed by atoms with Crippen LogP contribution in [0.2, 0.25) is 5.02 Å². The van der Waals surface area contributed by atoms with Crippen molar-refractivity contribution in [2.24, 2.45) is 0 Å². The van der Waals surface area contributed by atoms with E-state index in [4.69, 9.17) is 16.3 Å². The van der Waals surface area contributed by atoms with Gasteiger partial charge < -0.3 is 15.0 Å². The number of rotatable bonds is 10. The van der Waals surface area contributed by atoms with Crippen LogP contribution in [0.15, 0.2) is 78.9 Å². The summed E-state index contributed by atoms with van der Waals surface area (Å²) in [5.41, 5.74) is 1.85. The predicted molar refractivity (Wildman–Crippen MR) is 144 cm³/mol. The van der Waals surface area contributed by atoms with Crippen molar-refractivity contribution < 1.29 is 14.3 Å². The fourth-order valence-corrected chi connectivity index (χ4v) is 3.97. The average molecular weight is 591 g/mol. The third-order valence-corrected chi connectivity index (χ3v) is 6.12. The van der Waals surface area contributed by atoms with E-state index in [0.29, 0.717) is 17.2 Å². The van der Waals surface area contributed by atoms with E-state index in [0.717, 1.165) is 14.7 Å². The van der Waals surface area contributed by atoms with Crippen molar-refractivity contribution >= 4 is 46.0 Å². The van der Waals surface area contributed by atoms with Crippen LogP contribution in [0.4, 0.5) is 0 Å². The average Bonchev–Trinajstić information content (AvgIpc) is 2.82. The lowest BCUT2D eigenvalue weighted by Crippen LogP contribution is -2.52. The zero-order valence-corrected chi connectivity index (χ0v) is 22.1. The second-order valence-electron chi connectivity index (χ2n) is 8.26. The van der Waals surface area contributed by atoms with Crippen molar-refractivity contribution in [2.75, 3.05) is 6.61 Å². The summed E-state index contributed by atoms with van der Waals surface area (Å²) in [6.45, 7) is 3.90. The summed E-state index contributed by atoms with van der Waals surface area (Å²) in [7, 11) is 0. The topological polar surface area (TPSA) is 58.6 Å². The number of nitrogens with one attached hydrogen (secondary N) is 1. The minimum Gasteiger partial charge on any atom is -0.484 e. The van der Waals surface area contributed by atoms with Gasteiger partial charge in [-0.1, -0.05) is 54.1 Å². The summed E-state index contributed by atoms with van der Waals surface area (Å²) in [5, 5.41) is 3.59. The van der Waals surface area contributed by atoms with Gasteiger partial charge >= 0.3 is 0 Å². The Morgan fingerprint density at radius 3 is 2.21 bits per heavy atom. The molecule has 1 unspecified atom stereocenters. The monoisotopic (exact) mass is 590 g/mol. The number of amides is 2. The highest BCUT2D eigenvalue weighted by molar-refractivity contribution is 14.1. The van der Waals surface area contributed by atoms with E-state index >= 15 is 0 Å². The SMILES string of the molecule is CC(C)NC(=O)C(Cc1ccccc1)N(Cc1ccc(Cl)cc1)C(=O)COc1ccc(I)cc1. The highest BCUT2D eigenvalue weighted by Gasteiger charge is 2.31. The number of halogens is 2. The highest BCUT2D eigenvalue weighted by Crippen LogP contribution is 2.18. The van der Waals surface area contributed by atoms with Crippen LogP contribution in [-0.2, 0) is 22.6 Å². The van der Waals surface area contributed by atoms with Crippen LogP contribution in [0.3, 0.4) is 0 Å². The fourth-order valence-electron chi connectivity index (χ4n) is 3.48. The summed E-state index contributed by atoms with van der Waals surface area (Å²) in [4.78, 5) is 28.4.